The van der Waals surface area contributed by atoms with Gasteiger partial charge in [0.15, 0.2) is 0 Å². The summed E-state index contributed by atoms with van der Waals surface area (Å²) in [6.07, 6.45) is 0.381. The van der Waals surface area contributed by atoms with E-state index in [0.717, 1.165) is 22.9 Å². The lowest BCUT2D eigenvalue weighted by Crippen LogP contribution is -2.32. The van der Waals surface area contributed by atoms with E-state index in [4.69, 9.17) is 11.6 Å². The van der Waals surface area contributed by atoms with Crippen LogP contribution in [0.1, 0.15) is 11.1 Å². The highest BCUT2D eigenvalue weighted by Crippen LogP contribution is 2.42. The number of nitriles is 1. The molecule has 170 valence electrons. The monoisotopic (exact) mass is 491 g/mol. The van der Waals surface area contributed by atoms with Crippen LogP contribution < -0.4 is 10.2 Å². The average molecular weight is 492 g/mol. The van der Waals surface area contributed by atoms with Crippen molar-refractivity contribution in [2.75, 3.05) is 4.90 Å². The molecule has 0 aromatic heterocycles. The number of hydrogen-bond donors (Lipinski definition) is 1. The van der Waals surface area contributed by atoms with Crippen molar-refractivity contribution in [2.45, 2.75) is 18.2 Å². The quantitative estimate of drug-likeness (QED) is 0.379. The molecule has 0 aliphatic carbocycles. The maximum absolute atomic E-state index is 13.5. The summed E-state index contributed by atoms with van der Waals surface area (Å²) >= 11 is 7.12. The van der Waals surface area contributed by atoms with Gasteiger partial charge in [-0.2, -0.15) is 5.26 Å². The third kappa shape index (κ3) is 5.30. The number of amides is 2. The molecule has 1 saturated heterocycles. The predicted molar refractivity (Wildman–Crippen MR) is 131 cm³/mol. The Hall–Kier alpha value is -3.60. The standard InChI is InChI=1S/C26H19ClFN3O2S/c27-19-8-6-17(7-9-19)14-23-25(33)31(21-12-10-20(28)11-13-21)26(34-23)22(15-29)24(32)30-16-18-4-2-1-3-5-18/h1-13,23H,14,16H2,(H,30,32)/b26-22-/t23-/m0/s1. The molecule has 1 atom stereocenters. The normalized spacial score (nSPS) is 16.8. The number of hydrogen-bond acceptors (Lipinski definition) is 4. The smallest absolute Gasteiger partial charge is 0.264 e. The van der Waals surface area contributed by atoms with Gasteiger partial charge in [-0.05, 0) is 53.9 Å². The van der Waals surface area contributed by atoms with Gasteiger partial charge in [-0.15, -0.1) is 0 Å². The van der Waals surface area contributed by atoms with Crippen LogP contribution in [0.2, 0.25) is 5.02 Å². The molecule has 1 aliphatic heterocycles. The Labute approximate surface area is 205 Å². The van der Waals surface area contributed by atoms with E-state index >= 15 is 0 Å². The molecule has 8 heteroatoms. The lowest BCUT2D eigenvalue weighted by Gasteiger charge is -2.18. The number of nitrogens with zero attached hydrogens (tertiary/aromatic N) is 2. The number of nitrogens with one attached hydrogen (secondary N) is 1. The van der Waals surface area contributed by atoms with Crippen LogP contribution in [0.25, 0.3) is 0 Å². The first-order valence-corrected chi connectivity index (χ1v) is 11.7. The molecular formula is C26H19ClFN3O2S. The van der Waals surface area contributed by atoms with Gasteiger partial charge >= 0.3 is 0 Å². The van der Waals surface area contributed by atoms with Crippen molar-refractivity contribution < 1.29 is 14.0 Å². The van der Waals surface area contributed by atoms with Crippen molar-refractivity contribution in [2.24, 2.45) is 0 Å². The summed E-state index contributed by atoms with van der Waals surface area (Å²) in [6.45, 7) is 0.238. The molecule has 1 N–H and O–H groups in total. The van der Waals surface area contributed by atoms with Crippen LogP contribution in [0, 0.1) is 17.1 Å². The van der Waals surface area contributed by atoms with Gasteiger partial charge in [-0.1, -0.05) is 65.8 Å². The molecule has 3 aromatic rings. The second-order valence-corrected chi connectivity index (χ2v) is 9.18. The minimum atomic E-state index is -0.582. The van der Waals surface area contributed by atoms with E-state index < -0.39 is 17.0 Å². The van der Waals surface area contributed by atoms with Crippen molar-refractivity contribution in [1.29, 1.82) is 5.26 Å². The van der Waals surface area contributed by atoms with Gasteiger partial charge in [0.05, 0.1) is 5.25 Å². The Bertz CT molecular complexity index is 1270. The summed E-state index contributed by atoms with van der Waals surface area (Å²) in [6, 6.07) is 23.8. The zero-order valence-corrected chi connectivity index (χ0v) is 19.4. The number of thioether (sulfide) groups is 1. The number of carbonyl (C=O) groups is 2. The summed E-state index contributed by atoms with van der Waals surface area (Å²) in [4.78, 5) is 27.7. The highest BCUT2D eigenvalue weighted by atomic mass is 35.5. The summed E-state index contributed by atoms with van der Waals surface area (Å²) in [7, 11) is 0. The van der Waals surface area contributed by atoms with Gasteiger partial charge in [-0.3, -0.25) is 14.5 Å². The van der Waals surface area contributed by atoms with Crippen molar-refractivity contribution in [1.82, 2.24) is 5.32 Å². The van der Waals surface area contributed by atoms with E-state index in [1.165, 1.54) is 29.2 Å². The first-order valence-electron chi connectivity index (χ1n) is 10.4. The molecule has 0 unspecified atom stereocenters. The lowest BCUT2D eigenvalue weighted by atomic mass is 10.1. The maximum atomic E-state index is 13.5. The molecule has 5 nitrogen and oxygen atoms in total. The molecule has 4 rings (SSSR count). The Kier molecular flexibility index (Phi) is 7.31. The zero-order valence-electron chi connectivity index (χ0n) is 17.9. The second-order valence-electron chi connectivity index (χ2n) is 7.55. The molecule has 0 bridgehead atoms. The van der Waals surface area contributed by atoms with Crippen molar-refractivity contribution in [3.05, 3.63) is 111 Å². The SMILES string of the molecule is N#C/C(C(=O)NCc1ccccc1)=C1/S[C@@H](Cc2ccc(Cl)cc2)C(=O)N1c1ccc(F)cc1. The number of rotatable bonds is 6. The van der Waals surface area contributed by atoms with Gasteiger partial charge in [0.1, 0.15) is 22.5 Å². The fraction of sp³-hybridized carbons (Fsp3) is 0.115. The third-order valence-electron chi connectivity index (χ3n) is 5.22. The highest BCUT2D eigenvalue weighted by Gasteiger charge is 2.40. The van der Waals surface area contributed by atoms with Crippen molar-refractivity contribution in [3.8, 4) is 6.07 Å². The van der Waals surface area contributed by atoms with Crippen LogP contribution in [-0.2, 0) is 22.6 Å². The number of anilines is 1. The fourth-order valence-corrected chi connectivity index (χ4v) is 4.95. The van der Waals surface area contributed by atoms with Crippen molar-refractivity contribution >= 4 is 40.9 Å². The Balaban J connectivity index is 1.66. The molecule has 3 aromatic carbocycles. The lowest BCUT2D eigenvalue weighted by molar-refractivity contribution is -0.117. The average Bonchev–Trinajstić information content (AvgIpc) is 3.16. The Morgan fingerprint density at radius 1 is 1.03 bits per heavy atom. The van der Waals surface area contributed by atoms with E-state index in [2.05, 4.69) is 5.32 Å². The van der Waals surface area contributed by atoms with Gasteiger partial charge in [0, 0.05) is 17.3 Å². The molecule has 1 fully saturated rings. The molecule has 0 radical (unpaired) electrons. The molecule has 0 saturated carbocycles. The molecule has 1 heterocycles. The zero-order chi connectivity index (χ0) is 24.1. The van der Waals surface area contributed by atoms with Crippen LogP contribution in [0.4, 0.5) is 10.1 Å². The minimum absolute atomic E-state index is 0.169. The topological polar surface area (TPSA) is 73.2 Å². The minimum Gasteiger partial charge on any atom is -0.347 e. The molecule has 1 aliphatic rings. The first-order chi connectivity index (χ1) is 16.5. The van der Waals surface area contributed by atoms with Gasteiger partial charge in [-0.25, -0.2) is 4.39 Å². The highest BCUT2D eigenvalue weighted by molar-refractivity contribution is 8.05. The van der Waals surface area contributed by atoms with Crippen LogP contribution in [0.15, 0.2) is 89.5 Å². The summed E-state index contributed by atoms with van der Waals surface area (Å²) < 4.78 is 13.5. The summed E-state index contributed by atoms with van der Waals surface area (Å²) in [5, 5.41) is 12.9. The fourth-order valence-electron chi connectivity index (χ4n) is 3.51. The number of halogens is 2. The van der Waals surface area contributed by atoms with E-state index in [-0.39, 0.29) is 23.1 Å². The predicted octanol–water partition coefficient (Wildman–Crippen LogP) is 5.22. The van der Waals surface area contributed by atoms with Gasteiger partial charge in [0.2, 0.25) is 5.91 Å². The summed E-state index contributed by atoms with van der Waals surface area (Å²) in [5.74, 6) is -1.32. The third-order valence-corrected chi connectivity index (χ3v) is 6.74. The van der Waals surface area contributed by atoms with Crippen LogP contribution in [0.3, 0.4) is 0 Å². The van der Waals surface area contributed by atoms with E-state index in [0.29, 0.717) is 17.1 Å². The van der Waals surface area contributed by atoms with Gasteiger partial charge < -0.3 is 5.32 Å². The maximum Gasteiger partial charge on any atom is 0.264 e. The molecule has 2 amide bonds. The van der Waals surface area contributed by atoms with E-state index in [1.807, 2.05) is 48.5 Å². The van der Waals surface area contributed by atoms with Crippen LogP contribution >= 0.6 is 23.4 Å². The van der Waals surface area contributed by atoms with Crippen molar-refractivity contribution in [3.63, 3.8) is 0 Å². The number of benzene rings is 3. The first kappa shape index (κ1) is 23.6. The van der Waals surface area contributed by atoms with Crippen LogP contribution in [-0.4, -0.2) is 17.1 Å². The molecule has 34 heavy (non-hydrogen) atoms. The Morgan fingerprint density at radius 2 is 1.71 bits per heavy atom. The second kappa shape index (κ2) is 10.6. The van der Waals surface area contributed by atoms with Gasteiger partial charge in [0.25, 0.3) is 5.91 Å². The Morgan fingerprint density at radius 3 is 2.35 bits per heavy atom. The largest absolute Gasteiger partial charge is 0.347 e. The van der Waals surface area contributed by atoms with E-state index in [1.54, 1.807) is 12.1 Å². The van der Waals surface area contributed by atoms with E-state index in [9.17, 15) is 19.2 Å². The number of carbonyl (C=O) groups excluding carboxylic acids is 2. The molecular weight excluding hydrogens is 473 g/mol. The van der Waals surface area contributed by atoms with Crippen LogP contribution in [0.5, 0.6) is 0 Å². The molecule has 0 spiro atoms. The summed E-state index contributed by atoms with van der Waals surface area (Å²) in [5.41, 5.74) is 1.99.